The smallest absolute Gasteiger partial charge is 0.337 e. The summed E-state index contributed by atoms with van der Waals surface area (Å²) < 4.78 is 4.82. The van der Waals surface area contributed by atoms with Gasteiger partial charge in [0.25, 0.3) is 0 Å². The monoisotopic (exact) mass is 596 g/mol. The van der Waals surface area contributed by atoms with Crippen LogP contribution in [0.25, 0.3) is 10.9 Å². The maximum atomic E-state index is 11.8. The minimum atomic E-state index is -0.321. The number of rotatable bonds is 7. The highest BCUT2D eigenvalue weighted by atomic mass is 35.5. The summed E-state index contributed by atoms with van der Waals surface area (Å²) >= 11 is 12.5. The summed E-state index contributed by atoms with van der Waals surface area (Å²) in [7, 11) is 1.40. The van der Waals surface area contributed by atoms with Crippen LogP contribution >= 0.6 is 23.2 Å². The number of methoxy groups -OCH3 is 1. The van der Waals surface area contributed by atoms with Crippen LogP contribution in [-0.4, -0.2) is 42.4 Å². The lowest BCUT2D eigenvalue weighted by atomic mass is 9.84. The number of hydrogen-bond donors (Lipinski definition) is 1. The number of ether oxygens (including phenoxy) is 1. The maximum absolute atomic E-state index is 11.8. The Bertz CT molecular complexity index is 1640. The minimum Gasteiger partial charge on any atom is -0.465 e. The zero-order valence-corrected chi connectivity index (χ0v) is 24.6. The van der Waals surface area contributed by atoms with E-state index < -0.39 is 0 Å². The third-order valence-electron chi connectivity index (χ3n) is 7.91. The molecule has 1 N–H and O–H groups in total. The van der Waals surface area contributed by atoms with Crippen LogP contribution < -0.4 is 10.2 Å². The van der Waals surface area contributed by atoms with Gasteiger partial charge in [0.05, 0.1) is 30.1 Å². The van der Waals surface area contributed by atoms with Crippen molar-refractivity contribution in [3.63, 3.8) is 0 Å². The van der Waals surface area contributed by atoms with Crippen LogP contribution in [0.3, 0.4) is 0 Å². The van der Waals surface area contributed by atoms with Gasteiger partial charge in [0, 0.05) is 46.2 Å². The molecule has 42 heavy (non-hydrogen) atoms. The van der Waals surface area contributed by atoms with Gasteiger partial charge in [-0.2, -0.15) is 10.2 Å². The van der Waals surface area contributed by atoms with Crippen molar-refractivity contribution in [2.75, 3.05) is 30.4 Å². The summed E-state index contributed by atoms with van der Waals surface area (Å²) in [6, 6.07) is 30.3. The number of hydrogen-bond acceptors (Lipinski definition) is 6. The highest BCUT2D eigenvalue weighted by molar-refractivity contribution is 6.30. The first-order valence-electron chi connectivity index (χ1n) is 13.9. The number of nitrogens with zero attached hydrogens (tertiary/aromatic N) is 3. The molecule has 0 atom stereocenters. The van der Waals surface area contributed by atoms with Gasteiger partial charge in [-0.3, -0.25) is 0 Å². The van der Waals surface area contributed by atoms with E-state index in [1.807, 2.05) is 60.8 Å². The van der Waals surface area contributed by atoms with E-state index in [4.69, 9.17) is 27.9 Å². The second kappa shape index (κ2) is 12.4. The summed E-state index contributed by atoms with van der Waals surface area (Å²) in [4.78, 5) is 14.1. The molecule has 0 bridgehead atoms. The van der Waals surface area contributed by atoms with Crippen molar-refractivity contribution in [3.05, 3.63) is 129 Å². The summed E-state index contributed by atoms with van der Waals surface area (Å²) in [6.07, 6.45) is 3.77. The molecule has 6 nitrogen and oxygen atoms in total. The van der Waals surface area contributed by atoms with Gasteiger partial charge in [-0.25, -0.2) is 4.79 Å². The van der Waals surface area contributed by atoms with Crippen LogP contribution in [0.2, 0.25) is 10.0 Å². The van der Waals surface area contributed by atoms with Crippen LogP contribution in [0.4, 0.5) is 11.4 Å². The number of aromatic nitrogens is 2. The van der Waals surface area contributed by atoms with Gasteiger partial charge in [0.2, 0.25) is 0 Å². The molecule has 5 aromatic rings. The van der Waals surface area contributed by atoms with E-state index in [9.17, 15) is 4.79 Å². The molecule has 4 aromatic carbocycles. The second-order valence-electron chi connectivity index (χ2n) is 10.5. The van der Waals surface area contributed by atoms with E-state index in [1.54, 1.807) is 0 Å². The molecule has 1 aliphatic heterocycles. The Morgan fingerprint density at radius 3 is 2.05 bits per heavy atom. The fraction of sp³-hybridized carbons (Fsp3) is 0.206. The van der Waals surface area contributed by atoms with Gasteiger partial charge in [0.15, 0.2) is 0 Å². The predicted molar refractivity (Wildman–Crippen MR) is 170 cm³/mol. The number of carbonyl (C=O) groups is 1. The Balaban J connectivity index is 1.24. The SMILES string of the molecule is COC(=O)c1ccc(N2CCC(Nc3cnnc4ccc(C(c5ccc(Cl)cc5)c5ccc(Cl)cc5)cc34)CC2)cc1. The molecule has 2 heterocycles. The highest BCUT2D eigenvalue weighted by Gasteiger charge is 2.22. The van der Waals surface area contributed by atoms with Gasteiger partial charge in [0.1, 0.15) is 0 Å². The van der Waals surface area contributed by atoms with Crippen LogP contribution in [-0.2, 0) is 4.74 Å². The molecular weight excluding hydrogens is 567 g/mol. The lowest BCUT2D eigenvalue weighted by Crippen LogP contribution is -2.39. The Hall–Kier alpha value is -4.13. The maximum Gasteiger partial charge on any atom is 0.337 e. The second-order valence-corrected chi connectivity index (χ2v) is 11.4. The molecule has 212 valence electrons. The normalized spacial score (nSPS) is 13.9. The zero-order valence-electron chi connectivity index (χ0n) is 23.1. The van der Waals surface area contributed by atoms with Crippen LogP contribution in [0.15, 0.2) is 97.2 Å². The first-order chi connectivity index (χ1) is 20.5. The van der Waals surface area contributed by atoms with E-state index in [0.717, 1.165) is 64.9 Å². The van der Waals surface area contributed by atoms with Crippen molar-refractivity contribution in [2.45, 2.75) is 24.8 Å². The number of piperidine rings is 1. The number of fused-ring (bicyclic) bond motifs is 1. The van der Waals surface area contributed by atoms with Crippen molar-refractivity contribution in [1.29, 1.82) is 0 Å². The van der Waals surface area contributed by atoms with Gasteiger partial charge < -0.3 is 15.0 Å². The summed E-state index contributed by atoms with van der Waals surface area (Å²) in [5, 5.41) is 14.9. The molecule has 8 heteroatoms. The Kier molecular flexibility index (Phi) is 8.27. The summed E-state index contributed by atoms with van der Waals surface area (Å²) in [5.74, 6) is -0.322. The number of esters is 1. The third-order valence-corrected chi connectivity index (χ3v) is 8.42. The predicted octanol–water partition coefficient (Wildman–Crippen LogP) is 7.98. The topological polar surface area (TPSA) is 67.3 Å². The van der Waals surface area contributed by atoms with E-state index in [-0.39, 0.29) is 11.9 Å². The van der Waals surface area contributed by atoms with E-state index in [2.05, 4.69) is 56.8 Å². The number of halogens is 2. The molecule has 0 aliphatic carbocycles. The molecule has 1 aromatic heterocycles. The average Bonchev–Trinajstić information content (AvgIpc) is 3.03. The largest absolute Gasteiger partial charge is 0.465 e. The van der Waals surface area contributed by atoms with E-state index in [1.165, 1.54) is 7.11 Å². The molecule has 0 amide bonds. The van der Waals surface area contributed by atoms with E-state index in [0.29, 0.717) is 21.7 Å². The van der Waals surface area contributed by atoms with E-state index >= 15 is 0 Å². The average molecular weight is 598 g/mol. The van der Waals surface area contributed by atoms with Crippen LogP contribution in [0, 0.1) is 0 Å². The Morgan fingerprint density at radius 2 is 1.45 bits per heavy atom. The lowest BCUT2D eigenvalue weighted by molar-refractivity contribution is 0.0600. The van der Waals surface area contributed by atoms with Gasteiger partial charge in [-0.1, -0.05) is 53.5 Å². The zero-order chi connectivity index (χ0) is 29.1. The molecular formula is C34H30Cl2N4O2. The number of carbonyl (C=O) groups excluding carboxylic acids is 1. The molecule has 6 rings (SSSR count). The molecule has 1 saturated heterocycles. The van der Waals surface area contributed by atoms with Crippen molar-refractivity contribution in [3.8, 4) is 0 Å². The molecule has 0 radical (unpaired) electrons. The molecule has 0 spiro atoms. The molecule has 1 fully saturated rings. The number of benzene rings is 4. The van der Waals surface area contributed by atoms with Crippen molar-refractivity contribution in [1.82, 2.24) is 10.2 Å². The quantitative estimate of drug-likeness (QED) is 0.152. The number of anilines is 2. The fourth-order valence-electron chi connectivity index (χ4n) is 5.69. The highest BCUT2D eigenvalue weighted by Crippen LogP contribution is 2.36. The Labute approximate surface area is 255 Å². The van der Waals surface area contributed by atoms with Crippen LogP contribution in [0.1, 0.15) is 45.8 Å². The number of nitrogens with one attached hydrogen (secondary N) is 1. The van der Waals surface area contributed by atoms with Gasteiger partial charge in [-0.05, 0) is 90.2 Å². The summed E-state index contributed by atoms with van der Waals surface area (Å²) in [5.41, 5.74) is 6.93. The summed E-state index contributed by atoms with van der Waals surface area (Å²) in [6.45, 7) is 1.82. The minimum absolute atomic E-state index is 0.00115. The molecule has 0 unspecified atom stereocenters. The molecule has 1 aliphatic rings. The standard InChI is InChI=1S/C34H30Cl2N4O2/c1-42-34(41)24-6-13-29(14-7-24)40-18-16-28(17-19-40)38-32-21-37-39-31-15-8-25(20-30(31)32)33(22-2-9-26(35)10-3-22)23-4-11-27(36)12-5-23/h2-15,20-21,28,33H,16-19H2,1H3,(H,38,39). The van der Waals surface area contributed by atoms with Crippen LogP contribution in [0.5, 0.6) is 0 Å². The van der Waals surface area contributed by atoms with Crippen molar-refractivity contribution >= 4 is 51.4 Å². The fourth-order valence-corrected chi connectivity index (χ4v) is 5.94. The Morgan fingerprint density at radius 1 is 0.857 bits per heavy atom. The first kappa shape index (κ1) is 28.0. The van der Waals surface area contributed by atoms with Gasteiger partial charge >= 0.3 is 5.97 Å². The van der Waals surface area contributed by atoms with Crippen molar-refractivity contribution < 1.29 is 9.53 Å². The first-order valence-corrected chi connectivity index (χ1v) is 14.7. The van der Waals surface area contributed by atoms with Crippen molar-refractivity contribution in [2.24, 2.45) is 0 Å². The molecule has 0 saturated carbocycles. The third kappa shape index (κ3) is 6.06. The van der Waals surface area contributed by atoms with Gasteiger partial charge in [-0.15, -0.1) is 0 Å². The lowest BCUT2D eigenvalue weighted by Gasteiger charge is -2.34.